The van der Waals surface area contributed by atoms with E-state index in [4.69, 9.17) is 10.9 Å². The molecule has 0 aromatic heterocycles. The average Bonchev–Trinajstić information content (AvgIpc) is 2.76. The van der Waals surface area contributed by atoms with Crippen molar-refractivity contribution >= 4 is 5.84 Å². The molecule has 100 valence electrons. The first-order chi connectivity index (χ1) is 8.04. The van der Waals surface area contributed by atoms with Gasteiger partial charge in [-0.25, -0.2) is 0 Å². The summed E-state index contributed by atoms with van der Waals surface area (Å²) in [4.78, 5) is 2.51. The Balaban J connectivity index is 2.16. The van der Waals surface area contributed by atoms with Gasteiger partial charge in [-0.05, 0) is 39.3 Å². The normalized spacial score (nSPS) is 24.5. The molecule has 5 nitrogen and oxygen atoms in total. The number of rotatable bonds is 6. The van der Waals surface area contributed by atoms with E-state index in [0.717, 1.165) is 19.0 Å². The molecule has 1 heterocycles. The Bertz CT molecular complexity index is 255. The van der Waals surface area contributed by atoms with Gasteiger partial charge in [0.15, 0.2) is 0 Å². The lowest BCUT2D eigenvalue weighted by molar-refractivity contribution is 0.263. The summed E-state index contributed by atoms with van der Waals surface area (Å²) in [6, 6.07) is 0.649. The third-order valence-electron chi connectivity index (χ3n) is 3.55. The molecule has 5 heteroatoms. The zero-order chi connectivity index (χ0) is 12.8. The van der Waals surface area contributed by atoms with E-state index in [1.807, 2.05) is 6.92 Å². The molecule has 4 N–H and O–H groups in total. The van der Waals surface area contributed by atoms with Crippen molar-refractivity contribution in [2.24, 2.45) is 22.7 Å². The molecule has 2 unspecified atom stereocenters. The molecule has 0 amide bonds. The smallest absolute Gasteiger partial charge is 0.143 e. The van der Waals surface area contributed by atoms with Gasteiger partial charge in [-0.2, -0.15) is 0 Å². The van der Waals surface area contributed by atoms with Crippen molar-refractivity contribution in [1.82, 2.24) is 10.2 Å². The molecule has 17 heavy (non-hydrogen) atoms. The molecule has 0 saturated carbocycles. The van der Waals surface area contributed by atoms with E-state index >= 15 is 0 Å². The van der Waals surface area contributed by atoms with Crippen LogP contribution in [-0.2, 0) is 0 Å². The molecule has 0 bridgehead atoms. The summed E-state index contributed by atoms with van der Waals surface area (Å²) < 4.78 is 0. The first kappa shape index (κ1) is 14.3. The van der Waals surface area contributed by atoms with E-state index in [0.29, 0.717) is 11.9 Å². The SMILES string of the molecule is CC(CNCC1CCN(C(C)C)C1)/C(N)=N/O. The van der Waals surface area contributed by atoms with Crippen molar-refractivity contribution in [2.75, 3.05) is 26.2 Å². The molecular weight excluding hydrogens is 216 g/mol. The van der Waals surface area contributed by atoms with Gasteiger partial charge in [0.2, 0.25) is 0 Å². The van der Waals surface area contributed by atoms with Crippen LogP contribution in [0.15, 0.2) is 5.16 Å². The standard InChI is InChI=1S/C12H26N4O/c1-9(2)16-5-4-11(8-16)7-14-6-10(3)12(13)15-17/h9-11,14,17H,4-8H2,1-3H3,(H2,13,15). The van der Waals surface area contributed by atoms with Crippen LogP contribution in [0.1, 0.15) is 27.2 Å². The lowest BCUT2D eigenvalue weighted by Gasteiger charge is -2.20. The fraction of sp³-hybridized carbons (Fsp3) is 0.917. The summed E-state index contributed by atoms with van der Waals surface area (Å²) in [6.45, 7) is 10.6. The monoisotopic (exact) mass is 242 g/mol. The molecule has 1 fully saturated rings. The van der Waals surface area contributed by atoms with Gasteiger partial charge >= 0.3 is 0 Å². The first-order valence-corrected chi connectivity index (χ1v) is 6.46. The van der Waals surface area contributed by atoms with Crippen molar-refractivity contribution in [3.05, 3.63) is 0 Å². The summed E-state index contributed by atoms with van der Waals surface area (Å²) in [5, 5.41) is 15.0. The number of nitrogens with zero attached hydrogens (tertiary/aromatic N) is 2. The van der Waals surface area contributed by atoms with E-state index in [9.17, 15) is 0 Å². The number of oxime groups is 1. The van der Waals surface area contributed by atoms with E-state index in [1.165, 1.54) is 19.5 Å². The number of likely N-dealkylation sites (tertiary alicyclic amines) is 1. The Hall–Kier alpha value is -0.810. The van der Waals surface area contributed by atoms with Gasteiger partial charge in [-0.15, -0.1) is 0 Å². The van der Waals surface area contributed by atoms with Gasteiger partial charge < -0.3 is 21.2 Å². The number of amidine groups is 1. The molecule has 0 aromatic carbocycles. The zero-order valence-corrected chi connectivity index (χ0v) is 11.2. The Labute approximate surface area is 104 Å². The quantitative estimate of drug-likeness (QED) is 0.277. The predicted molar refractivity (Wildman–Crippen MR) is 70.3 cm³/mol. The Kier molecular flexibility index (Phi) is 5.71. The maximum Gasteiger partial charge on any atom is 0.143 e. The minimum atomic E-state index is 0.0857. The third-order valence-corrected chi connectivity index (χ3v) is 3.55. The fourth-order valence-corrected chi connectivity index (χ4v) is 2.21. The van der Waals surface area contributed by atoms with Crippen molar-refractivity contribution < 1.29 is 5.21 Å². The van der Waals surface area contributed by atoms with Crippen molar-refractivity contribution in [3.63, 3.8) is 0 Å². The van der Waals surface area contributed by atoms with Crippen LogP contribution in [0.25, 0.3) is 0 Å². The lowest BCUT2D eigenvalue weighted by Crippen LogP contribution is -2.35. The van der Waals surface area contributed by atoms with Crippen LogP contribution in [0, 0.1) is 11.8 Å². The largest absolute Gasteiger partial charge is 0.409 e. The molecule has 0 aliphatic carbocycles. The molecule has 0 spiro atoms. The second-order valence-electron chi connectivity index (χ2n) is 5.33. The Morgan fingerprint density at radius 3 is 2.76 bits per heavy atom. The van der Waals surface area contributed by atoms with Gasteiger partial charge in [0.05, 0.1) is 0 Å². The van der Waals surface area contributed by atoms with Gasteiger partial charge in [0, 0.05) is 25.0 Å². The molecule has 1 aliphatic rings. The van der Waals surface area contributed by atoms with E-state index in [2.05, 4.69) is 29.2 Å². The van der Waals surface area contributed by atoms with Crippen LogP contribution >= 0.6 is 0 Å². The minimum Gasteiger partial charge on any atom is -0.409 e. The number of nitrogens with one attached hydrogen (secondary N) is 1. The third kappa shape index (κ3) is 4.52. The second kappa shape index (κ2) is 6.81. The maximum atomic E-state index is 8.54. The maximum absolute atomic E-state index is 8.54. The summed E-state index contributed by atoms with van der Waals surface area (Å²) in [5.41, 5.74) is 5.52. The van der Waals surface area contributed by atoms with Crippen molar-refractivity contribution in [3.8, 4) is 0 Å². The number of hydrogen-bond donors (Lipinski definition) is 3. The first-order valence-electron chi connectivity index (χ1n) is 6.46. The highest BCUT2D eigenvalue weighted by Crippen LogP contribution is 2.17. The molecule has 1 aliphatic heterocycles. The summed E-state index contributed by atoms with van der Waals surface area (Å²) >= 11 is 0. The van der Waals surface area contributed by atoms with Crippen LogP contribution in [0.4, 0.5) is 0 Å². The van der Waals surface area contributed by atoms with Crippen molar-refractivity contribution in [1.29, 1.82) is 0 Å². The van der Waals surface area contributed by atoms with Crippen LogP contribution < -0.4 is 11.1 Å². The van der Waals surface area contributed by atoms with Gasteiger partial charge in [-0.3, -0.25) is 0 Å². The molecular formula is C12H26N4O. The summed E-state index contributed by atoms with van der Waals surface area (Å²) in [7, 11) is 0. The number of nitrogens with two attached hydrogens (primary N) is 1. The topological polar surface area (TPSA) is 73.9 Å². The van der Waals surface area contributed by atoms with Gasteiger partial charge in [-0.1, -0.05) is 12.1 Å². The highest BCUT2D eigenvalue weighted by atomic mass is 16.4. The summed E-state index contributed by atoms with van der Waals surface area (Å²) in [6.07, 6.45) is 1.27. The Morgan fingerprint density at radius 2 is 2.24 bits per heavy atom. The van der Waals surface area contributed by atoms with Gasteiger partial charge in [0.25, 0.3) is 0 Å². The van der Waals surface area contributed by atoms with Crippen molar-refractivity contribution in [2.45, 2.75) is 33.2 Å². The van der Waals surface area contributed by atoms with Gasteiger partial charge in [0.1, 0.15) is 5.84 Å². The minimum absolute atomic E-state index is 0.0857. The number of hydrogen-bond acceptors (Lipinski definition) is 4. The van der Waals surface area contributed by atoms with E-state index < -0.39 is 0 Å². The highest BCUT2D eigenvalue weighted by Gasteiger charge is 2.23. The highest BCUT2D eigenvalue weighted by molar-refractivity contribution is 5.82. The lowest BCUT2D eigenvalue weighted by atomic mass is 10.1. The molecule has 1 rings (SSSR count). The Morgan fingerprint density at radius 1 is 1.53 bits per heavy atom. The second-order valence-corrected chi connectivity index (χ2v) is 5.33. The van der Waals surface area contributed by atoms with Crippen LogP contribution in [-0.4, -0.2) is 48.2 Å². The van der Waals surface area contributed by atoms with E-state index in [-0.39, 0.29) is 5.92 Å². The summed E-state index contributed by atoms with van der Waals surface area (Å²) in [5.74, 6) is 1.12. The van der Waals surface area contributed by atoms with E-state index in [1.54, 1.807) is 0 Å². The molecule has 1 saturated heterocycles. The zero-order valence-electron chi connectivity index (χ0n) is 11.2. The molecule has 0 radical (unpaired) electrons. The molecule has 2 atom stereocenters. The average molecular weight is 242 g/mol. The molecule has 0 aromatic rings. The van der Waals surface area contributed by atoms with Crippen LogP contribution in [0.2, 0.25) is 0 Å². The van der Waals surface area contributed by atoms with Crippen LogP contribution in [0.3, 0.4) is 0 Å². The predicted octanol–water partition coefficient (Wildman–Crippen LogP) is 0.689. The van der Waals surface area contributed by atoms with Crippen LogP contribution in [0.5, 0.6) is 0 Å². The fourth-order valence-electron chi connectivity index (χ4n) is 2.21.